The van der Waals surface area contributed by atoms with Gasteiger partial charge in [-0.2, -0.15) is 0 Å². The van der Waals surface area contributed by atoms with Crippen molar-refractivity contribution in [2.45, 2.75) is 46.1 Å². The molecule has 1 saturated heterocycles. The Morgan fingerprint density at radius 3 is 2.54 bits per heavy atom. The van der Waals surface area contributed by atoms with Crippen LogP contribution in [0.25, 0.3) is 22.3 Å². The predicted molar refractivity (Wildman–Crippen MR) is 111 cm³/mol. The van der Waals surface area contributed by atoms with Crippen LogP contribution in [0.3, 0.4) is 0 Å². The van der Waals surface area contributed by atoms with Gasteiger partial charge in [-0.05, 0) is 69.9 Å². The van der Waals surface area contributed by atoms with Gasteiger partial charge in [0.2, 0.25) is 0 Å². The lowest BCUT2D eigenvalue weighted by Gasteiger charge is -2.20. The fraction of sp³-hybridized carbons (Fsp3) is 0.409. The van der Waals surface area contributed by atoms with E-state index in [9.17, 15) is 9.59 Å². The minimum absolute atomic E-state index is 0.0834. The van der Waals surface area contributed by atoms with E-state index in [-0.39, 0.29) is 17.1 Å². The predicted octanol–water partition coefficient (Wildman–Crippen LogP) is 3.69. The van der Waals surface area contributed by atoms with Crippen LogP contribution >= 0.6 is 0 Å². The number of fused-ring (bicyclic) bond motifs is 1. The van der Waals surface area contributed by atoms with Gasteiger partial charge in [-0.15, -0.1) is 0 Å². The molecule has 1 aliphatic heterocycles. The average Bonchev–Trinajstić information content (AvgIpc) is 3.27. The van der Waals surface area contributed by atoms with Crippen molar-refractivity contribution >= 4 is 17.1 Å². The van der Waals surface area contributed by atoms with Gasteiger partial charge in [0.15, 0.2) is 5.65 Å². The van der Waals surface area contributed by atoms with Crippen LogP contribution in [0, 0.1) is 6.92 Å². The minimum atomic E-state index is -0.359. The molecule has 1 aliphatic rings. The third-order valence-electron chi connectivity index (χ3n) is 5.38. The molecule has 4 rings (SSSR count). The number of H-pyrrole nitrogens is 1. The standard InChI is InChI=1S/C22H26N4O2/c1-14-7-8-15(20(27)25-9-5-6-10-25)11-17(14)16-12-18-19(23-13-16)26(21(28)24-18)22(2,3)4/h7-8,11-13H,5-6,9-10H2,1-4H3,(H,24,28). The summed E-state index contributed by atoms with van der Waals surface area (Å²) in [6.45, 7) is 9.62. The number of nitrogens with one attached hydrogen (secondary N) is 1. The van der Waals surface area contributed by atoms with Gasteiger partial charge < -0.3 is 9.88 Å². The Morgan fingerprint density at radius 2 is 1.86 bits per heavy atom. The maximum Gasteiger partial charge on any atom is 0.328 e. The number of imidazole rings is 1. The van der Waals surface area contributed by atoms with Crippen LogP contribution in [-0.2, 0) is 5.54 Å². The van der Waals surface area contributed by atoms with Crippen LogP contribution in [0.5, 0.6) is 0 Å². The minimum Gasteiger partial charge on any atom is -0.339 e. The van der Waals surface area contributed by atoms with Gasteiger partial charge in [0.05, 0.1) is 5.52 Å². The molecule has 2 aromatic heterocycles. The van der Waals surface area contributed by atoms with Crippen molar-refractivity contribution in [1.82, 2.24) is 19.4 Å². The number of benzene rings is 1. The smallest absolute Gasteiger partial charge is 0.328 e. The highest BCUT2D eigenvalue weighted by molar-refractivity contribution is 5.96. The van der Waals surface area contributed by atoms with Gasteiger partial charge in [-0.1, -0.05) is 6.07 Å². The fourth-order valence-corrected chi connectivity index (χ4v) is 3.93. The summed E-state index contributed by atoms with van der Waals surface area (Å²) in [5, 5.41) is 0. The van der Waals surface area contributed by atoms with Gasteiger partial charge in [-0.25, -0.2) is 9.78 Å². The van der Waals surface area contributed by atoms with Crippen molar-refractivity contribution in [2.24, 2.45) is 0 Å². The van der Waals surface area contributed by atoms with Crippen LogP contribution in [0.2, 0.25) is 0 Å². The molecule has 6 heteroatoms. The van der Waals surface area contributed by atoms with Crippen LogP contribution in [0.4, 0.5) is 0 Å². The molecule has 1 fully saturated rings. The molecule has 146 valence electrons. The quantitative estimate of drug-likeness (QED) is 0.739. The third kappa shape index (κ3) is 3.13. The van der Waals surface area contributed by atoms with Crippen LogP contribution < -0.4 is 5.69 Å². The molecule has 0 radical (unpaired) electrons. The highest BCUT2D eigenvalue weighted by Crippen LogP contribution is 2.28. The topological polar surface area (TPSA) is 71.0 Å². The SMILES string of the molecule is Cc1ccc(C(=O)N2CCCC2)cc1-c1cnc2c(c1)[nH]c(=O)n2C(C)(C)C. The molecule has 1 amide bonds. The summed E-state index contributed by atoms with van der Waals surface area (Å²) >= 11 is 0. The molecule has 0 bridgehead atoms. The van der Waals surface area contributed by atoms with E-state index in [1.807, 2.05) is 56.9 Å². The highest BCUT2D eigenvalue weighted by Gasteiger charge is 2.22. The number of carbonyl (C=O) groups excluding carboxylic acids is 1. The van der Waals surface area contributed by atoms with E-state index in [1.165, 1.54) is 0 Å². The number of likely N-dealkylation sites (tertiary alicyclic amines) is 1. The Morgan fingerprint density at radius 1 is 1.14 bits per heavy atom. The van der Waals surface area contributed by atoms with E-state index in [1.54, 1.807) is 10.8 Å². The Kier molecular flexibility index (Phi) is 4.37. The number of hydrogen-bond donors (Lipinski definition) is 1. The van der Waals surface area contributed by atoms with Crippen molar-refractivity contribution in [2.75, 3.05) is 13.1 Å². The number of aromatic nitrogens is 3. The molecule has 1 aromatic carbocycles. The fourth-order valence-electron chi connectivity index (χ4n) is 3.93. The van der Waals surface area contributed by atoms with Crippen LogP contribution in [0.15, 0.2) is 35.3 Å². The monoisotopic (exact) mass is 378 g/mol. The lowest BCUT2D eigenvalue weighted by Crippen LogP contribution is -2.32. The molecule has 3 heterocycles. The van der Waals surface area contributed by atoms with Gasteiger partial charge in [0, 0.05) is 36.0 Å². The second-order valence-corrected chi connectivity index (χ2v) is 8.56. The maximum atomic E-state index is 12.8. The summed E-state index contributed by atoms with van der Waals surface area (Å²) in [6.07, 6.45) is 3.93. The van der Waals surface area contributed by atoms with Crippen LogP contribution in [0.1, 0.15) is 49.5 Å². The Hall–Kier alpha value is -2.89. The number of pyridine rings is 1. The first-order valence-electron chi connectivity index (χ1n) is 9.77. The number of nitrogens with zero attached hydrogens (tertiary/aromatic N) is 3. The third-order valence-corrected chi connectivity index (χ3v) is 5.38. The molecular weight excluding hydrogens is 352 g/mol. The zero-order chi connectivity index (χ0) is 20.1. The molecule has 0 unspecified atom stereocenters. The normalized spacial score (nSPS) is 14.8. The summed E-state index contributed by atoms with van der Waals surface area (Å²) in [5.41, 5.74) is 4.44. The Bertz CT molecular complexity index is 1110. The second-order valence-electron chi connectivity index (χ2n) is 8.56. The molecule has 0 atom stereocenters. The van der Waals surface area contributed by atoms with E-state index >= 15 is 0 Å². The van der Waals surface area contributed by atoms with Gasteiger partial charge in [-0.3, -0.25) is 9.36 Å². The number of aryl methyl sites for hydroxylation is 1. The summed E-state index contributed by atoms with van der Waals surface area (Å²) in [4.78, 5) is 34.6. The van der Waals surface area contributed by atoms with E-state index in [0.29, 0.717) is 16.7 Å². The first-order chi connectivity index (χ1) is 13.3. The summed E-state index contributed by atoms with van der Waals surface area (Å²) in [5.74, 6) is 0.0834. The van der Waals surface area contributed by atoms with E-state index in [2.05, 4.69) is 9.97 Å². The van der Waals surface area contributed by atoms with E-state index < -0.39 is 0 Å². The lowest BCUT2D eigenvalue weighted by molar-refractivity contribution is 0.0793. The molecule has 0 spiro atoms. The average molecular weight is 378 g/mol. The number of rotatable bonds is 2. The van der Waals surface area contributed by atoms with E-state index in [4.69, 9.17) is 0 Å². The number of carbonyl (C=O) groups is 1. The maximum absolute atomic E-state index is 12.8. The van der Waals surface area contributed by atoms with Gasteiger partial charge >= 0.3 is 5.69 Å². The number of amides is 1. The lowest BCUT2D eigenvalue weighted by atomic mass is 9.98. The van der Waals surface area contributed by atoms with E-state index in [0.717, 1.165) is 42.6 Å². The van der Waals surface area contributed by atoms with Gasteiger partial charge in [0.1, 0.15) is 0 Å². The van der Waals surface area contributed by atoms with Crippen molar-refractivity contribution < 1.29 is 4.79 Å². The summed E-state index contributed by atoms with van der Waals surface area (Å²) in [7, 11) is 0. The summed E-state index contributed by atoms with van der Waals surface area (Å²) in [6, 6.07) is 7.76. The van der Waals surface area contributed by atoms with Crippen molar-refractivity contribution in [3.63, 3.8) is 0 Å². The van der Waals surface area contributed by atoms with Crippen LogP contribution in [-0.4, -0.2) is 38.4 Å². The molecule has 0 aliphatic carbocycles. The Balaban J connectivity index is 1.78. The summed E-state index contributed by atoms with van der Waals surface area (Å²) < 4.78 is 1.67. The Labute approximate surface area is 164 Å². The van der Waals surface area contributed by atoms with Crippen molar-refractivity contribution in [3.05, 3.63) is 52.1 Å². The molecule has 6 nitrogen and oxygen atoms in total. The van der Waals surface area contributed by atoms with Crippen molar-refractivity contribution in [1.29, 1.82) is 0 Å². The molecule has 1 N–H and O–H groups in total. The zero-order valence-electron chi connectivity index (χ0n) is 16.9. The number of aromatic amines is 1. The second kappa shape index (κ2) is 6.62. The zero-order valence-corrected chi connectivity index (χ0v) is 16.9. The molecular formula is C22H26N4O2. The molecule has 28 heavy (non-hydrogen) atoms. The largest absolute Gasteiger partial charge is 0.339 e. The molecule has 0 saturated carbocycles. The first-order valence-corrected chi connectivity index (χ1v) is 9.77. The van der Waals surface area contributed by atoms with Gasteiger partial charge in [0.25, 0.3) is 5.91 Å². The van der Waals surface area contributed by atoms with Crippen molar-refractivity contribution in [3.8, 4) is 11.1 Å². The first kappa shape index (κ1) is 18.5. The highest BCUT2D eigenvalue weighted by atomic mass is 16.2. The molecule has 3 aromatic rings. The number of hydrogen-bond acceptors (Lipinski definition) is 3.